The lowest BCUT2D eigenvalue weighted by atomic mass is 10.1. The van der Waals surface area contributed by atoms with Gasteiger partial charge in [-0.1, -0.05) is 19.1 Å². The topological polar surface area (TPSA) is 79.3 Å². The number of nitrogens with one attached hydrogen (secondary N) is 1. The van der Waals surface area contributed by atoms with E-state index < -0.39 is 5.97 Å². The number of aryl methyl sites for hydroxylation is 1. The molecule has 0 radical (unpaired) electrons. The van der Waals surface area contributed by atoms with Crippen LogP contribution in [-0.4, -0.2) is 28.5 Å². The molecule has 0 aliphatic rings. The largest absolute Gasteiger partial charge is 0.481 e. The molecule has 6 heteroatoms. The predicted molar refractivity (Wildman–Crippen MR) is 86.0 cm³/mol. The van der Waals surface area contributed by atoms with Crippen LogP contribution in [0.2, 0.25) is 0 Å². The monoisotopic (exact) mass is 318 g/mol. The average molecular weight is 318 g/mol. The molecule has 116 valence electrons. The molecule has 0 fully saturated rings. The summed E-state index contributed by atoms with van der Waals surface area (Å²) in [5, 5.41) is 14.3. The molecule has 1 amide bonds. The maximum absolute atomic E-state index is 12.1. The number of hydrogen-bond acceptors (Lipinski definition) is 4. The summed E-state index contributed by atoms with van der Waals surface area (Å²) in [5.74, 6) is -1.17. The first-order chi connectivity index (χ1) is 10.5. The lowest BCUT2D eigenvalue weighted by Gasteiger charge is -2.10. The van der Waals surface area contributed by atoms with E-state index in [4.69, 9.17) is 5.11 Å². The maximum atomic E-state index is 12.1. The fourth-order valence-electron chi connectivity index (χ4n) is 2.02. The van der Waals surface area contributed by atoms with Gasteiger partial charge in [-0.15, -0.1) is 11.3 Å². The Kier molecular flexibility index (Phi) is 5.27. The fraction of sp³-hybridized carbons (Fsp3) is 0.312. The van der Waals surface area contributed by atoms with Crippen LogP contribution in [0.3, 0.4) is 0 Å². The number of carbonyl (C=O) groups is 2. The number of carboxylic acids is 1. The molecule has 5 nitrogen and oxygen atoms in total. The number of nitrogens with zero attached hydrogens (tertiary/aromatic N) is 1. The Bertz CT molecular complexity index is 682. The molecule has 2 N–H and O–H groups in total. The highest BCUT2D eigenvalue weighted by atomic mass is 32.1. The maximum Gasteiger partial charge on any atom is 0.303 e. The van der Waals surface area contributed by atoms with Gasteiger partial charge in [0, 0.05) is 35.2 Å². The molecule has 0 spiro atoms. The second kappa shape index (κ2) is 7.17. The highest BCUT2D eigenvalue weighted by Crippen LogP contribution is 2.24. The summed E-state index contributed by atoms with van der Waals surface area (Å²) in [6.45, 7) is 4.06. The second-order valence-corrected chi connectivity index (χ2v) is 6.15. The van der Waals surface area contributed by atoms with Crippen LogP contribution in [0.15, 0.2) is 29.6 Å². The Morgan fingerprint density at radius 3 is 2.82 bits per heavy atom. The van der Waals surface area contributed by atoms with Crippen LogP contribution in [-0.2, 0) is 4.79 Å². The molecule has 22 heavy (non-hydrogen) atoms. The van der Waals surface area contributed by atoms with E-state index in [9.17, 15) is 9.59 Å². The van der Waals surface area contributed by atoms with E-state index in [1.54, 1.807) is 30.4 Å². The number of rotatable bonds is 6. The van der Waals surface area contributed by atoms with E-state index in [0.717, 1.165) is 16.3 Å². The number of aromatic nitrogens is 1. The summed E-state index contributed by atoms with van der Waals surface area (Å²) >= 11 is 1.54. The second-order valence-electron chi connectivity index (χ2n) is 5.29. The van der Waals surface area contributed by atoms with Gasteiger partial charge in [0.05, 0.1) is 0 Å². The molecule has 1 aromatic heterocycles. The minimum Gasteiger partial charge on any atom is -0.481 e. The van der Waals surface area contributed by atoms with Crippen molar-refractivity contribution in [2.45, 2.75) is 20.3 Å². The van der Waals surface area contributed by atoms with E-state index in [1.165, 1.54) is 0 Å². The number of aliphatic carboxylic acids is 1. The van der Waals surface area contributed by atoms with Gasteiger partial charge < -0.3 is 10.4 Å². The van der Waals surface area contributed by atoms with Crippen LogP contribution in [0.25, 0.3) is 10.6 Å². The van der Waals surface area contributed by atoms with Gasteiger partial charge in [-0.05, 0) is 25.0 Å². The minimum absolute atomic E-state index is 0.0404. The summed E-state index contributed by atoms with van der Waals surface area (Å²) in [6.07, 6.45) is 0.0404. The number of amides is 1. The lowest BCUT2D eigenvalue weighted by molar-refractivity contribution is -0.137. The zero-order valence-electron chi connectivity index (χ0n) is 12.5. The Balaban J connectivity index is 2.03. The van der Waals surface area contributed by atoms with Crippen LogP contribution >= 0.6 is 11.3 Å². The number of thiazole rings is 1. The Morgan fingerprint density at radius 2 is 2.18 bits per heavy atom. The molecule has 0 aliphatic heterocycles. The third kappa shape index (κ3) is 4.39. The van der Waals surface area contributed by atoms with Crippen LogP contribution < -0.4 is 5.32 Å². The van der Waals surface area contributed by atoms with Crippen molar-refractivity contribution in [2.24, 2.45) is 5.92 Å². The zero-order valence-corrected chi connectivity index (χ0v) is 13.3. The summed E-state index contributed by atoms with van der Waals surface area (Å²) < 4.78 is 0. The number of benzene rings is 1. The van der Waals surface area contributed by atoms with E-state index in [2.05, 4.69) is 10.3 Å². The fourth-order valence-corrected chi connectivity index (χ4v) is 2.81. The van der Waals surface area contributed by atoms with Crippen molar-refractivity contribution >= 4 is 23.2 Å². The first kappa shape index (κ1) is 16.2. The van der Waals surface area contributed by atoms with Crippen molar-refractivity contribution in [1.82, 2.24) is 10.3 Å². The van der Waals surface area contributed by atoms with Gasteiger partial charge >= 0.3 is 5.97 Å². The molecule has 0 aliphatic carbocycles. The molecule has 1 atom stereocenters. The summed E-state index contributed by atoms with van der Waals surface area (Å²) in [7, 11) is 0. The van der Waals surface area contributed by atoms with Crippen LogP contribution in [0.4, 0.5) is 0 Å². The average Bonchev–Trinajstić information content (AvgIpc) is 2.91. The van der Waals surface area contributed by atoms with Crippen LogP contribution in [0.1, 0.15) is 29.4 Å². The van der Waals surface area contributed by atoms with E-state index in [1.807, 2.05) is 24.4 Å². The number of hydrogen-bond donors (Lipinski definition) is 2. The van der Waals surface area contributed by atoms with Gasteiger partial charge in [0.2, 0.25) is 0 Å². The molecule has 0 saturated heterocycles. The van der Waals surface area contributed by atoms with Crippen molar-refractivity contribution in [1.29, 1.82) is 0 Å². The predicted octanol–water partition coefficient (Wildman–Crippen LogP) is 2.96. The smallest absolute Gasteiger partial charge is 0.303 e. The number of carbonyl (C=O) groups excluding carboxylic acids is 1. The van der Waals surface area contributed by atoms with Crippen LogP contribution in [0, 0.1) is 12.8 Å². The highest BCUT2D eigenvalue weighted by Gasteiger charge is 2.12. The SMILES string of the molecule is Cc1csc(-c2cccc(C(=O)NCC(C)CC(=O)O)c2)n1. The van der Waals surface area contributed by atoms with Crippen molar-refractivity contribution in [3.8, 4) is 10.6 Å². The summed E-state index contributed by atoms with van der Waals surface area (Å²) in [5.41, 5.74) is 2.41. The molecule has 2 aromatic rings. The van der Waals surface area contributed by atoms with E-state index in [0.29, 0.717) is 12.1 Å². The molecule has 2 rings (SSSR count). The quantitative estimate of drug-likeness (QED) is 0.858. The lowest BCUT2D eigenvalue weighted by Crippen LogP contribution is -2.29. The van der Waals surface area contributed by atoms with Gasteiger partial charge in [0.25, 0.3) is 5.91 Å². The normalized spacial score (nSPS) is 11.9. The Hall–Kier alpha value is -2.21. The van der Waals surface area contributed by atoms with Crippen molar-refractivity contribution in [3.05, 3.63) is 40.9 Å². The zero-order chi connectivity index (χ0) is 16.1. The van der Waals surface area contributed by atoms with E-state index >= 15 is 0 Å². The molecule has 1 heterocycles. The standard InChI is InChI=1S/C16H18N2O3S/c1-10(6-14(19)20)8-17-15(21)12-4-3-5-13(7-12)16-18-11(2)9-22-16/h3-5,7,9-10H,6,8H2,1-2H3,(H,17,21)(H,19,20). The summed E-state index contributed by atoms with van der Waals surface area (Å²) in [6, 6.07) is 7.28. The summed E-state index contributed by atoms with van der Waals surface area (Å²) in [4.78, 5) is 27.2. The first-order valence-corrected chi connectivity index (χ1v) is 7.86. The third-order valence-electron chi connectivity index (χ3n) is 3.12. The highest BCUT2D eigenvalue weighted by molar-refractivity contribution is 7.13. The molecular weight excluding hydrogens is 300 g/mol. The molecule has 0 bridgehead atoms. The third-order valence-corrected chi connectivity index (χ3v) is 4.13. The van der Waals surface area contributed by atoms with Gasteiger partial charge in [-0.2, -0.15) is 0 Å². The van der Waals surface area contributed by atoms with Gasteiger partial charge in [0.15, 0.2) is 0 Å². The Morgan fingerprint density at radius 1 is 1.41 bits per heavy atom. The Labute approximate surface area is 133 Å². The van der Waals surface area contributed by atoms with Gasteiger partial charge in [-0.3, -0.25) is 9.59 Å². The number of carboxylic acid groups (broad SMARTS) is 1. The van der Waals surface area contributed by atoms with Crippen molar-refractivity contribution in [3.63, 3.8) is 0 Å². The molecule has 1 unspecified atom stereocenters. The first-order valence-electron chi connectivity index (χ1n) is 6.98. The molecular formula is C16H18N2O3S. The van der Waals surface area contributed by atoms with Gasteiger partial charge in [0.1, 0.15) is 5.01 Å². The van der Waals surface area contributed by atoms with E-state index in [-0.39, 0.29) is 18.2 Å². The van der Waals surface area contributed by atoms with Crippen molar-refractivity contribution < 1.29 is 14.7 Å². The van der Waals surface area contributed by atoms with Crippen molar-refractivity contribution in [2.75, 3.05) is 6.54 Å². The van der Waals surface area contributed by atoms with Crippen LogP contribution in [0.5, 0.6) is 0 Å². The molecule has 1 aromatic carbocycles. The molecule has 0 saturated carbocycles. The minimum atomic E-state index is -0.858. The van der Waals surface area contributed by atoms with Gasteiger partial charge in [-0.25, -0.2) is 4.98 Å².